The highest BCUT2D eigenvalue weighted by molar-refractivity contribution is 6.07. The maximum atomic E-state index is 12.6. The van der Waals surface area contributed by atoms with Gasteiger partial charge in [-0.3, -0.25) is 9.59 Å². The van der Waals surface area contributed by atoms with Crippen LogP contribution in [0, 0.1) is 0 Å². The summed E-state index contributed by atoms with van der Waals surface area (Å²) >= 11 is 0. The number of amides is 2. The monoisotopic (exact) mass is 442 g/mol. The zero-order valence-electron chi connectivity index (χ0n) is 18.1. The molecule has 2 amide bonds. The fraction of sp³-hybridized carbons (Fsp3) is 0.125. The molecule has 9 heteroatoms. The number of hydrogen-bond acceptors (Lipinski definition) is 7. The van der Waals surface area contributed by atoms with Crippen molar-refractivity contribution in [1.29, 1.82) is 0 Å². The van der Waals surface area contributed by atoms with E-state index in [0.717, 1.165) is 5.56 Å². The molecule has 166 valence electrons. The van der Waals surface area contributed by atoms with Gasteiger partial charge < -0.3 is 21.1 Å². The largest absolute Gasteiger partial charge is 0.481 e. The highest BCUT2D eigenvalue weighted by Gasteiger charge is 2.14. The summed E-state index contributed by atoms with van der Waals surface area (Å²) in [6.45, 7) is 1.97. The number of fused-ring (bicyclic) bond motifs is 1. The Balaban J connectivity index is 1.55. The zero-order valence-corrected chi connectivity index (χ0v) is 18.1. The van der Waals surface area contributed by atoms with Gasteiger partial charge in [0.2, 0.25) is 5.88 Å². The molecule has 0 radical (unpaired) electrons. The van der Waals surface area contributed by atoms with Crippen LogP contribution in [0.2, 0.25) is 0 Å². The quantitative estimate of drug-likeness (QED) is 0.399. The molecule has 0 aliphatic heterocycles. The normalized spacial score (nSPS) is 11.6. The Labute approximate surface area is 190 Å². The number of rotatable bonds is 7. The van der Waals surface area contributed by atoms with Crippen molar-refractivity contribution < 1.29 is 14.3 Å². The van der Waals surface area contributed by atoms with Gasteiger partial charge in [0.15, 0.2) is 0 Å². The molecule has 33 heavy (non-hydrogen) atoms. The number of methoxy groups -OCH3 is 1. The lowest BCUT2D eigenvalue weighted by molar-refractivity contribution is 0.0998. The lowest BCUT2D eigenvalue weighted by atomic mass is 10.1. The molecule has 2 aromatic heterocycles. The van der Waals surface area contributed by atoms with Gasteiger partial charge in [-0.25, -0.2) is 15.0 Å². The Morgan fingerprint density at radius 1 is 1.03 bits per heavy atom. The number of carbonyl (C=O) groups excluding carboxylic acids is 2. The van der Waals surface area contributed by atoms with E-state index in [1.807, 2.05) is 37.3 Å². The Morgan fingerprint density at radius 2 is 1.85 bits per heavy atom. The smallest absolute Gasteiger partial charge is 0.255 e. The molecule has 0 saturated carbocycles. The first-order valence-electron chi connectivity index (χ1n) is 10.2. The molecule has 2 heterocycles. The molecule has 0 bridgehead atoms. The number of nitrogens with two attached hydrogens (primary N) is 1. The molecule has 4 rings (SSSR count). The summed E-state index contributed by atoms with van der Waals surface area (Å²) in [4.78, 5) is 36.9. The van der Waals surface area contributed by atoms with Gasteiger partial charge in [0, 0.05) is 28.9 Å². The number of aromatic nitrogens is 3. The van der Waals surface area contributed by atoms with Crippen LogP contribution in [0.4, 0.5) is 11.5 Å². The van der Waals surface area contributed by atoms with Gasteiger partial charge in [-0.15, -0.1) is 0 Å². The van der Waals surface area contributed by atoms with Crippen molar-refractivity contribution in [3.63, 3.8) is 0 Å². The highest BCUT2D eigenvalue weighted by Crippen LogP contribution is 2.27. The molecule has 4 N–H and O–H groups in total. The second-order valence-electron chi connectivity index (χ2n) is 7.32. The van der Waals surface area contributed by atoms with E-state index in [4.69, 9.17) is 10.5 Å². The van der Waals surface area contributed by atoms with Crippen LogP contribution in [0.15, 0.2) is 67.1 Å². The van der Waals surface area contributed by atoms with E-state index in [9.17, 15) is 9.59 Å². The molecule has 0 spiro atoms. The maximum absolute atomic E-state index is 12.6. The number of para-hydroxylation sites is 1. The molecule has 1 atom stereocenters. The summed E-state index contributed by atoms with van der Waals surface area (Å²) in [5.74, 6) is 0.127. The molecule has 0 aliphatic carbocycles. The van der Waals surface area contributed by atoms with Crippen LogP contribution in [-0.4, -0.2) is 33.9 Å². The fourth-order valence-electron chi connectivity index (χ4n) is 3.44. The number of nitrogens with one attached hydrogen (secondary N) is 2. The first kappa shape index (κ1) is 21.7. The molecule has 0 unspecified atom stereocenters. The number of carbonyl (C=O) groups is 2. The van der Waals surface area contributed by atoms with Gasteiger partial charge in [0.05, 0.1) is 24.2 Å². The summed E-state index contributed by atoms with van der Waals surface area (Å²) in [5.41, 5.74) is 8.31. The van der Waals surface area contributed by atoms with Gasteiger partial charge in [-0.1, -0.05) is 18.2 Å². The van der Waals surface area contributed by atoms with E-state index >= 15 is 0 Å². The number of nitrogens with zero attached hydrogens (tertiary/aromatic N) is 3. The van der Waals surface area contributed by atoms with Crippen LogP contribution in [0.1, 0.15) is 39.2 Å². The summed E-state index contributed by atoms with van der Waals surface area (Å²) in [6, 6.07) is 15.7. The van der Waals surface area contributed by atoms with Crippen molar-refractivity contribution in [2.24, 2.45) is 5.73 Å². The topological polar surface area (TPSA) is 132 Å². The molecule has 0 fully saturated rings. The second kappa shape index (κ2) is 9.31. The predicted molar refractivity (Wildman–Crippen MR) is 125 cm³/mol. The number of hydrogen-bond donors (Lipinski definition) is 3. The van der Waals surface area contributed by atoms with Gasteiger partial charge in [-0.05, 0) is 42.8 Å². The molecule has 9 nitrogen and oxygen atoms in total. The Hall–Kier alpha value is -4.53. The van der Waals surface area contributed by atoms with E-state index < -0.39 is 5.91 Å². The lowest BCUT2D eigenvalue weighted by Crippen LogP contribution is -2.14. The fourth-order valence-corrected chi connectivity index (χ4v) is 3.44. The van der Waals surface area contributed by atoms with Crippen LogP contribution in [0.5, 0.6) is 5.88 Å². The molecule has 2 aromatic carbocycles. The number of primary amides is 1. The van der Waals surface area contributed by atoms with Crippen molar-refractivity contribution in [3.8, 4) is 5.88 Å². The van der Waals surface area contributed by atoms with E-state index in [0.29, 0.717) is 39.4 Å². The van der Waals surface area contributed by atoms with E-state index in [1.165, 1.54) is 19.6 Å². The molecule has 0 aliphatic rings. The van der Waals surface area contributed by atoms with Crippen LogP contribution >= 0.6 is 0 Å². The third kappa shape index (κ3) is 4.72. The first-order valence-corrected chi connectivity index (χ1v) is 10.2. The van der Waals surface area contributed by atoms with Gasteiger partial charge in [0.1, 0.15) is 12.1 Å². The average Bonchev–Trinajstić information content (AvgIpc) is 2.84. The van der Waals surface area contributed by atoms with Gasteiger partial charge in [0.25, 0.3) is 11.8 Å². The van der Waals surface area contributed by atoms with Crippen molar-refractivity contribution in [2.45, 2.75) is 13.0 Å². The minimum absolute atomic E-state index is 0.154. The van der Waals surface area contributed by atoms with Crippen molar-refractivity contribution in [3.05, 3.63) is 83.8 Å². The van der Waals surface area contributed by atoms with Gasteiger partial charge in [-0.2, -0.15) is 0 Å². The third-order valence-corrected chi connectivity index (χ3v) is 5.13. The first-order chi connectivity index (χ1) is 16.0. The Morgan fingerprint density at radius 3 is 2.64 bits per heavy atom. The summed E-state index contributed by atoms with van der Waals surface area (Å²) < 4.78 is 5.08. The summed E-state index contributed by atoms with van der Waals surface area (Å²) in [7, 11) is 1.50. The number of anilines is 2. The average molecular weight is 442 g/mol. The highest BCUT2D eigenvalue weighted by atomic mass is 16.5. The number of benzene rings is 2. The van der Waals surface area contributed by atoms with Gasteiger partial charge >= 0.3 is 0 Å². The van der Waals surface area contributed by atoms with Crippen LogP contribution in [0.25, 0.3) is 10.9 Å². The zero-order chi connectivity index (χ0) is 23.4. The van der Waals surface area contributed by atoms with Crippen LogP contribution in [-0.2, 0) is 0 Å². The maximum Gasteiger partial charge on any atom is 0.255 e. The predicted octanol–water partition coefficient (Wildman–Crippen LogP) is 3.56. The molecular weight excluding hydrogens is 420 g/mol. The van der Waals surface area contributed by atoms with Crippen molar-refractivity contribution in [1.82, 2.24) is 15.0 Å². The number of pyridine rings is 1. The van der Waals surface area contributed by atoms with Crippen LogP contribution < -0.4 is 21.1 Å². The van der Waals surface area contributed by atoms with Crippen molar-refractivity contribution >= 4 is 34.2 Å². The second-order valence-corrected chi connectivity index (χ2v) is 7.32. The van der Waals surface area contributed by atoms with E-state index in [-0.39, 0.29) is 11.9 Å². The minimum atomic E-state index is -0.548. The Bertz CT molecular complexity index is 1340. The minimum Gasteiger partial charge on any atom is -0.481 e. The number of ether oxygens (including phenoxy) is 1. The Kier molecular flexibility index (Phi) is 6.12. The molecular formula is C24H22N6O3. The summed E-state index contributed by atoms with van der Waals surface area (Å²) in [5, 5.41) is 6.94. The SMILES string of the molecule is COc1cc(C(=O)Nc2cccc([C@@H](C)Nc3ncnc4c(C(N)=O)cccc34)c2)ccn1. The third-order valence-electron chi connectivity index (χ3n) is 5.13. The van der Waals surface area contributed by atoms with Crippen molar-refractivity contribution in [2.75, 3.05) is 17.7 Å². The van der Waals surface area contributed by atoms with E-state index in [1.54, 1.807) is 24.3 Å². The standard InChI is InChI=1S/C24H22N6O3/c1-14(29-23-19-8-4-7-18(22(25)31)21(19)27-13-28-23)15-5-3-6-17(11-15)30-24(32)16-9-10-26-20(12-16)33-2/h3-14H,1-2H3,(H2,25,31)(H,30,32)(H,27,28,29)/t14-/m1/s1. The van der Waals surface area contributed by atoms with E-state index in [2.05, 4.69) is 25.6 Å². The molecule has 0 saturated heterocycles. The van der Waals surface area contributed by atoms with Crippen LogP contribution in [0.3, 0.4) is 0 Å². The summed E-state index contributed by atoms with van der Waals surface area (Å²) in [6.07, 6.45) is 2.91. The molecule has 4 aromatic rings. The lowest BCUT2D eigenvalue weighted by Gasteiger charge is -2.17.